The number of phenolic OH excluding ortho intramolecular Hbond substituents is 1. The number of hydrogen-bond acceptors (Lipinski definition) is 4. The summed E-state index contributed by atoms with van der Waals surface area (Å²) >= 11 is 0. The van der Waals surface area contributed by atoms with Gasteiger partial charge in [-0.1, -0.05) is 0 Å². The highest BCUT2D eigenvalue weighted by Gasteiger charge is 2.12. The molecule has 1 N–H and O–H groups in total. The number of rotatable bonds is 2. The molecule has 0 fully saturated rings. The summed E-state index contributed by atoms with van der Waals surface area (Å²) in [5, 5.41) is 19.4. The molecule has 13 heavy (non-hydrogen) atoms. The van der Waals surface area contributed by atoms with Crippen LogP contribution >= 0.6 is 0 Å². The predicted octanol–water partition coefficient (Wildman–Crippen LogP) is 1.50. The van der Waals surface area contributed by atoms with Crippen molar-refractivity contribution in [1.29, 1.82) is 0 Å². The third-order valence-corrected chi connectivity index (χ3v) is 1.57. The number of non-ortho nitro benzene ring substituents is 1. The highest BCUT2D eigenvalue weighted by molar-refractivity contribution is 5.97. The second-order valence-electron chi connectivity index (χ2n) is 2.51. The first kappa shape index (κ1) is 9.18. The van der Waals surface area contributed by atoms with Gasteiger partial charge in [-0.2, -0.15) is 0 Å². The van der Waals surface area contributed by atoms with Crippen LogP contribution < -0.4 is 0 Å². The van der Waals surface area contributed by atoms with Crippen LogP contribution in [0.15, 0.2) is 18.2 Å². The van der Waals surface area contributed by atoms with Crippen LogP contribution in [-0.4, -0.2) is 15.8 Å². The minimum atomic E-state index is -0.619. The van der Waals surface area contributed by atoms with Crippen molar-refractivity contribution >= 4 is 11.5 Å². The van der Waals surface area contributed by atoms with Crippen molar-refractivity contribution in [1.82, 2.24) is 0 Å². The van der Waals surface area contributed by atoms with Crippen LogP contribution in [-0.2, 0) is 0 Å². The van der Waals surface area contributed by atoms with Gasteiger partial charge in [0.15, 0.2) is 5.78 Å². The number of aromatic hydroxyl groups is 1. The molecule has 0 saturated carbocycles. The van der Waals surface area contributed by atoms with Gasteiger partial charge in [0, 0.05) is 12.1 Å². The van der Waals surface area contributed by atoms with Crippen LogP contribution in [0.1, 0.15) is 17.3 Å². The summed E-state index contributed by atoms with van der Waals surface area (Å²) in [6, 6.07) is 3.33. The van der Waals surface area contributed by atoms with Crippen molar-refractivity contribution < 1.29 is 14.8 Å². The Hall–Kier alpha value is -1.91. The highest BCUT2D eigenvalue weighted by Crippen LogP contribution is 2.22. The van der Waals surface area contributed by atoms with Crippen LogP contribution in [0.25, 0.3) is 0 Å². The number of benzene rings is 1. The van der Waals surface area contributed by atoms with Gasteiger partial charge in [-0.3, -0.25) is 14.9 Å². The minimum Gasteiger partial charge on any atom is -0.507 e. The third kappa shape index (κ3) is 1.81. The second-order valence-corrected chi connectivity index (χ2v) is 2.51. The number of nitro benzene ring substituents is 1. The number of hydrogen-bond donors (Lipinski definition) is 1. The number of carbonyl (C=O) groups excluding carboxylic acids is 1. The molecule has 0 radical (unpaired) electrons. The van der Waals surface area contributed by atoms with Crippen molar-refractivity contribution in [3.05, 3.63) is 33.9 Å². The molecule has 68 valence electrons. The van der Waals surface area contributed by atoms with Crippen molar-refractivity contribution in [2.24, 2.45) is 0 Å². The number of carbonyl (C=O) groups is 1. The van der Waals surface area contributed by atoms with E-state index in [0.29, 0.717) is 0 Å². The van der Waals surface area contributed by atoms with Gasteiger partial charge in [0.2, 0.25) is 0 Å². The summed E-state index contributed by atoms with van der Waals surface area (Å²) in [5.41, 5.74) is -0.239. The molecule has 0 atom stereocenters. The maximum atomic E-state index is 10.9. The molecule has 0 aliphatic carbocycles. The van der Waals surface area contributed by atoms with Crippen molar-refractivity contribution in [3.8, 4) is 5.75 Å². The fourth-order valence-electron chi connectivity index (χ4n) is 0.920. The van der Waals surface area contributed by atoms with Crippen molar-refractivity contribution in [2.75, 3.05) is 0 Å². The molecule has 0 aliphatic rings. The molecule has 0 heterocycles. The number of Topliss-reactive ketones (excluding diaryl/α,β-unsaturated/α-hetero) is 1. The standard InChI is InChI=1S/C8H7NO4/c1-5(10)7-4-6(9(12)13)2-3-8(7)11/h2-4,11H,1H3. The van der Waals surface area contributed by atoms with Gasteiger partial charge in [0.05, 0.1) is 10.5 Å². The van der Waals surface area contributed by atoms with Gasteiger partial charge in [-0.25, -0.2) is 0 Å². The van der Waals surface area contributed by atoms with Crippen molar-refractivity contribution in [2.45, 2.75) is 6.92 Å². The number of nitro groups is 1. The number of phenols is 1. The minimum absolute atomic E-state index is 0.0331. The summed E-state index contributed by atoms with van der Waals surface area (Å²) in [6.07, 6.45) is 0. The van der Waals surface area contributed by atoms with Crippen LogP contribution in [0.3, 0.4) is 0 Å². The fraction of sp³-hybridized carbons (Fsp3) is 0.125. The number of ketones is 1. The van der Waals surface area contributed by atoms with Gasteiger partial charge in [-0.05, 0) is 13.0 Å². The van der Waals surface area contributed by atoms with E-state index in [1.807, 2.05) is 0 Å². The molecule has 0 unspecified atom stereocenters. The van der Waals surface area contributed by atoms with E-state index >= 15 is 0 Å². The molecule has 1 aromatic carbocycles. The lowest BCUT2D eigenvalue weighted by molar-refractivity contribution is -0.384. The molecular weight excluding hydrogens is 174 g/mol. The van der Waals surface area contributed by atoms with E-state index in [-0.39, 0.29) is 17.0 Å². The normalized spacial score (nSPS) is 9.62. The molecule has 0 aromatic heterocycles. The monoisotopic (exact) mass is 181 g/mol. The molecule has 0 bridgehead atoms. The first-order valence-electron chi connectivity index (χ1n) is 3.50. The molecule has 5 heteroatoms. The summed E-state index contributed by atoms with van der Waals surface area (Å²) in [7, 11) is 0. The zero-order chi connectivity index (χ0) is 10.0. The van der Waals surface area contributed by atoms with Gasteiger partial charge >= 0.3 is 0 Å². The summed E-state index contributed by atoms with van der Waals surface area (Å²) in [5.74, 6) is -0.640. The zero-order valence-electron chi connectivity index (χ0n) is 6.85. The maximum absolute atomic E-state index is 10.9. The lowest BCUT2D eigenvalue weighted by Gasteiger charge is -1.98. The third-order valence-electron chi connectivity index (χ3n) is 1.57. The van der Waals surface area contributed by atoms with Crippen LogP contribution in [0.5, 0.6) is 5.75 Å². The molecule has 1 aromatic rings. The Morgan fingerprint density at radius 1 is 1.54 bits per heavy atom. The Labute approximate surface area is 73.8 Å². The van der Waals surface area contributed by atoms with Crippen molar-refractivity contribution in [3.63, 3.8) is 0 Å². The molecule has 0 spiro atoms. The summed E-state index contributed by atoms with van der Waals surface area (Å²) in [4.78, 5) is 20.5. The Balaban J connectivity index is 3.27. The van der Waals surface area contributed by atoms with Crippen LogP contribution in [0.4, 0.5) is 5.69 Å². The molecule has 5 nitrogen and oxygen atoms in total. The van der Waals surface area contributed by atoms with Gasteiger partial charge in [0.1, 0.15) is 5.75 Å². The molecular formula is C8H7NO4. The lowest BCUT2D eigenvalue weighted by atomic mass is 10.1. The van der Waals surface area contributed by atoms with E-state index in [9.17, 15) is 14.9 Å². The van der Waals surface area contributed by atoms with Gasteiger partial charge in [0.25, 0.3) is 5.69 Å². The first-order valence-corrected chi connectivity index (χ1v) is 3.50. The summed E-state index contributed by atoms with van der Waals surface area (Å²) in [6.45, 7) is 1.23. The Morgan fingerprint density at radius 3 is 2.62 bits per heavy atom. The van der Waals surface area contributed by atoms with E-state index in [1.165, 1.54) is 6.92 Å². The van der Waals surface area contributed by atoms with Crippen LogP contribution in [0, 0.1) is 10.1 Å². The summed E-state index contributed by atoms with van der Waals surface area (Å²) < 4.78 is 0. The van der Waals surface area contributed by atoms with Gasteiger partial charge < -0.3 is 5.11 Å². The van der Waals surface area contributed by atoms with E-state index in [0.717, 1.165) is 18.2 Å². The Bertz CT molecular complexity index is 372. The fourth-order valence-corrected chi connectivity index (χ4v) is 0.920. The van der Waals surface area contributed by atoms with E-state index in [1.54, 1.807) is 0 Å². The van der Waals surface area contributed by atoms with E-state index < -0.39 is 10.7 Å². The zero-order valence-corrected chi connectivity index (χ0v) is 6.85. The van der Waals surface area contributed by atoms with E-state index in [4.69, 9.17) is 5.11 Å². The Kier molecular flexibility index (Phi) is 2.27. The number of nitrogens with zero attached hydrogens (tertiary/aromatic N) is 1. The topological polar surface area (TPSA) is 80.4 Å². The van der Waals surface area contributed by atoms with Crippen LogP contribution in [0.2, 0.25) is 0 Å². The molecule has 1 rings (SSSR count). The SMILES string of the molecule is CC(=O)c1cc([N+](=O)[O-])ccc1O. The Morgan fingerprint density at radius 2 is 2.15 bits per heavy atom. The maximum Gasteiger partial charge on any atom is 0.270 e. The smallest absolute Gasteiger partial charge is 0.270 e. The molecule has 0 amide bonds. The quantitative estimate of drug-likeness (QED) is 0.426. The van der Waals surface area contributed by atoms with Gasteiger partial charge in [-0.15, -0.1) is 0 Å². The largest absolute Gasteiger partial charge is 0.507 e. The second kappa shape index (κ2) is 3.22. The van der Waals surface area contributed by atoms with E-state index in [2.05, 4.69) is 0 Å². The predicted molar refractivity (Wildman–Crippen MR) is 44.8 cm³/mol. The first-order chi connectivity index (χ1) is 6.02. The molecule has 0 saturated heterocycles. The molecule has 0 aliphatic heterocycles. The average Bonchev–Trinajstić information content (AvgIpc) is 2.04. The highest BCUT2D eigenvalue weighted by atomic mass is 16.6. The average molecular weight is 181 g/mol. The lowest BCUT2D eigenvalue weighted by Crippen LogP contribution is -1.95.